The molecule has 1 fully saturated rings. The number of hydrogen-bond donors (Lipinski definition) is 0. The molecule has 0 spiro atoms. The van der Waals surface area contributed by atoms with Crippen LogP contribution in [-0.4, -0.2) is 34.6 Å². The highest BCUT2D eigenvalue weighted by molar-refractivity contribution is 7.98. The molecule has 0 aliphatic heterocycles. The minimum atomic E-state index is 0.0348. The number of terminal acetylenes is 1. The average Bonchev–Trinajstić information content (AvgIpc) is 2.53. The molecule has 1 saturated carbocycles. The van der Waals surface area contributed by atoms with Gasteiger partial charge in [0.2, 0.25) is 0 Å². The highest BCUT2D eigenvalue weighted by atomic mass is 32.2. The van der Waals surface area contributed by atoms with Crippen LogP contribution in [0.2, 0.25) is 0 Å². The largest absolute Gasteiger partial charge is 0.325 e. The molecule has 0 bridgehead atoms. The van der Waals surface area contributed by atoms with Gasteiger partial charge in [-0.25, -0.2) is 4.98 Å². The number of hydrogen-bond acceptors (Lipinski definition) is 3. The molecular weight excluding hydrogens is 268 g/mol. The highest BCUT2D eigenvalue weighted by Crippen LogP contribution is 2.24. The first kappa shape index (κ1) is 14.9. The Morgan fingerprint density at radius 2 is 2.25 bits per heavy atom. The first-order valence-corrected chi connectivity index (χ1v) is 8.23. The maximum Gasteiger partial charge on any atom is 0.255 e. The first-order chi connectivity index (χ1) is 9.76. The number of pyridine rings is 1. The number of carbonyl (C=O) groups is 1. The van der Waals surface area contributed by atoms with E-state index in [1.54, 1.807) is 12.3 Å². The van der Waals surface area contributed by atoms with E-state index >= 15 is 0 Å². The quantitative estimate of drug-likeness (QED) is 0.630. The zero-order valence-corrected chi connectivity index (χ0v) is 12.7. The number of aromatic nitrogens is 1. The Labute approximate surface area is 125 Å². The standard InChI is InChI=1S/C16H20N2OS/c1-3-11-18(14-7-5-4-6-8-14)16(19)13-9-10-17-15(12-13)20-2/h1,9-10,12,14H,4-8,11H2,2H3. The molecule has 1 aromatic rings. The van der Waals surface area contributed by atoms with Crippen molar-refractivity contribution in [1.29, 1.82) is 0 Å². The van der Waals surface area contributed by atoms with Gasteiger partial charge >= 0.3 is 0 Å². The lowest BCUT2D eigenvalue weighted by Crippen LogP contribution is -2.41. The van der Waals surface area contributed by atoms with Gasteiger partial charge in [-0.3, -0.25) is 4.79 Å². The van der Waals surface area contributed by atoms with Crippen LogP contribution in [0.15, 0.2) is 23.4 Å². The third-order valence-electron chi connectivity index (χ3n) is 3.73. The summed E-state index contributed by atoms with van der Waals surface area (Å²) in [4.78, 5) is 18.8. The van der Waals surface area contributed by atoms with Crippen LogP contribution in [0.25, 0.3) is 0 Å². The smallest absolute Gasteiger partial charge is 0.255 e. The summed E-state index contributed by atoms with van der Waals surface area (Å²) in [5.41, 5.74) is 0.685. The van der Waals surface area contributed by atoms with E-state index in [0.29, 0.717) is 12.1 Å². The van der Waals surface area contributed by atoms with Gasteiger partial charge in [0.1, 0.15) is 0 Å². The van der Waals surface area contributed by atoms with Gasteiger partial charge in [-0.1, -0.05) is 25.2 Å². The van der Waals surface area contributed by atoms with Crippen LogP contribution >= 0.6 is 11.8 Å². The molecule has 1 aromatic heterocycles. The highest BCUT2D eigenvalue weighted by Gasteiger charge is 2.25. The van der Waals surface area contributed by atoms with E-state index in [1.165, 1.54) is 31.0 Å². The van der Waals surface area contributed by atoms with Gasteiger partial charge in [0.05, 0.1) is 11.6 Å². The lowest BCUT2D eigenvalue weighted by atomic mass is 9.93. The van der Waals surface area contributed by atoms with Gasteiger partial charge in [-0.05, 0) is 31.2 Å². The maximum atomic E-state index is 12.7. The summed E-state index contributed by atoms with van der Waals surface area (Å²) >= 11 is 1.54. The number of thioether (sulfide) groups is 1. The molecule has 1 amide bonds. The van der Waals surface area contributed by atoms with E-state index in [2.05, 4.69) is 10.9 Å². The van der Waals surface area contributed by atoms with Gasteiger partial charge in [0.25, 0.3) is 5.91 Å². The van der Waals surface area contributed by atoms with Crippen LogP contribution in [-0.2, 0) is 0 Å². The third kappa shape index (κ3) is 3.55. The fourth-order valence-electron chi connectivity index (χ4n) is 2.68. The van der Waals surface area contributed by atoms with Gasteiger partial charge in [-0.2, -0.15) is 0 Å². The van der Waals surface area contributed by atoms with Crippen LogP contribution in [0.5, 0.6) is 0 Å². The molecule has 0 atom stereocenters. The normalized spacial score (nSPS) is 15.6. The molecule has 1 heterocycles. The van der Waals surface area contributed by atoms with Crippen molar-refractivity contribution in [3.8, 4) is 12.3 Å². The summed E-state index contributed by atoms with van der Waals surface area (Å²) < 4.78 is 0. The van der Waals surface area contributed by atoms with Gasteiger partial charge in [0, 0.05) is 17.8 Å². The lowest BCUT2D eigenvalue weighted by Gasteiger charge is -2.33. The summed E-state index contributed by atoms with van der Waals surface area (Å²) in [5.74, 6) is 2.66. The van der Waals surface area contributed by atoms with Crippen molar-refractivity contribution in [3.05, 3.63) is 23.9 Å². The van der Waals surface area contributed by atoms with Crippen molar-refractivity contribution in [2.45, 2.75) is 43.2 Å². The summed E-state index contributed by atoms with van der Waals surface area (Å²) in [6, 6.07) is 3.91. The number of amides is 1. The van der Waals surface area contributed by atoms with Crippen LogP contribution < -0.4 is 0 Å². The predicted molar refractivity (Wildman–Crippen MR) is 82.8 cm³/mol. The average molecular weight is 288 g/mol. The Morgan fingerprint density at radius 3 is 2.90 bits per heavy atom. The molecule has 1 aliphatic rings. The maximum absolute atomic E-state index is 12.7. The molecule has 3 nitrogen and oxygen atoms in total. The Kier molecular flexibility index (Phi) is 5.49. The second kappa shape index (κ2) is 7.35. The molecule has 0 radical (unpaired) electrons. The Bertz CT molecular complexity index is 503. The number of rotatable bonds is 4. The molecule has 20 heavy (non-hydrogen) atoms. The molecule has 0 saturated heterocycles. The fraction of sp³-hybridized carbons (Fsp3) is 0.500. The van der Waals surface area contributed by atoms with E-state index in [4.69, 9.17) is 6.42 Å². The Hall–Kier alpha value is -1.47. The number of nitrogens with zero attached hydrogens (tertiary/aromatic N) is 2. The van der Waals surface area contributed by atoms with Crippen molar-refractivity contribution in [2.75, 3.05) is 12.8 Å². The van der Waals surface area contributed by atoms with Crippen molar-refractivity contribution in [1.82, 2.24) is 9.88 Å². The van der Waals surface area contributed by atoms with Crippen LogP contribution in [0.1, 0.15) is 42.5 Å². The second-order valence-corrected chi connectivity index (χ2v) is 5.84. The monoisotopic (exact) mass is 288 g/mol. The van der Waals surface area contributed by atoms with Crippen molar-refractivity contribution < 1.29 is 4.79 Å². The zero-order chi connectivity index (χ0) is 14.4. The molecular formula is C16H20N2OS. The summed E-state index contributed by atoms with van der Waals surface area (Å²) in [5, 5.41) is 0.861. The minimum absolute atomic E-state index is 0.0348. The molecule has 2 rings (SSSR count). The van der Waals surface area contributed by atoms with E-state index < -0.39 is 0 Å². The van der Waals surface area contributed by atoms with Crippen molar-refractivity contribution in [3.63, 3.8) is 0 Å². The fourth-order valence-corrected chi connectivity index (χ4v) is 3.09. The topological polar surface area (TPSA) is 33.2 Å². The van der Waals surface area contributed by atoms with Gasteiger partial charge in [0.15, 0.2) is 0 Å². The van der Waals surface area contributed by atoms with E-state index in [-0.39, 0.29) is 11.9 Å². The van der Waals surface area contributed by atoms with E-state index in [0.717, 1.165) is 17.9 Å². The SMILES string of the molecule is C#CCN(C(=O)c1ccnc(SC)c1)C1CCCCC1. The second-order valence-electron chi connectivity index (χ2n) is 5.02. The lowest BCUT2D eigenvalue weighted by molar-refractivity contribution is 0.0667. The van der Waals surface area contributed by atoms with E-state index in [9.17, 15) is 4.79 Å². The van der Waals surface area contributed by atoms with Crippen molar-refractivity contribution >= 4 is 17.7 Å². The van der Waals surface area contributed by atoms with Gasteiger partial charge < -0.3 is 4.90 Å². The van der Waals surface area contributed by atoms with Crippen LogP contribution in [0, 0.1) is 12.3 Å². The summed E-state index contributed by atoms with van der Waals surface area (Å²) in [7, 11) is 0. The molecule has 106 valence electrons. The molecule has 0 unspecified atom stereocenters. The Balaban J connectivity index is 2.19. The van der Waals surface area contributed by atoms with E-state index in [1.807, 2.05) is 17.2 Å². The predicted octanol–water partition coefficient (Wildman–Crippen LogP) is 3.21. The summed E-state index contributed by atoms with van der Waals surface area (Å²) in [6.07, 6.45) is 14.9. The van der Waals surface area contributed by atoms with Crippen LogP contribution in [0.3, 0.4) is 0 Å². The Morgan fingerprint density at radius 1 is 1.50 bits per heavy atom. The third-order valence-corrected chi connectivity index (χ3v) is 4.37. The minimum Gasteiger partial charge on any atom is -0.325 e. The molecule has 0 aromatic carbocycles. The molecule has 1 aliphatic carbocycles. The molecule has 4 heteroatoms. The first-order valence-electron chi connectivity index (χ1n) is 7.00. The van der Waals surface area contributed by atoms with Crippen LogP contribution in [0.4, 0.5) is 0 Å². The molecule has 0 N–H and O–H groups in total. The zero-order valence-electron chi connectivity index (χ0n) is 11.8. The number of carbonyl (C=O) groups excluding carboxylic acids is 1. The van der Waals surface area contributed by atoms with Crippen molar-refractivity contribution in [2.24, 2.45) is 0 Å². The summed E-state index contributed by atoms with van der Waals surface area (Å²) in [6.45, 7) is 0.389. The van der Waals surface area contributed by atoms with Gasteiger partial charge in [-0.15, -0.1) is 18.2 Å².